The van der Waals surface area contributed by atoms with Gasteiger partial charge in [0.1, 0.15) is 6.10 Å². The van der Waals surface area contributed by atoms with Gasteiger partial charge in [-0.2, -0.15) is 0 Å². The number of rotatable bonds is 4. The first-order valence-electron chi connectivity index (χ1n) is 6.11. The first-order chi connectivity index (χ1) is 8.19. The molecule has 17 heavy (non-hydrogen) atoms. The van der Waals surface area contributed by atoms with Crippen LogP contribution in [0, 0.1) is 0 Å². The van der Waals surface area contributed by atoms with Gasteiger partial charge in [0.2, 0.25) is 11.8 Å². The lowest BCUT2D eigenvalue weighted by Gasteiger charge is -2.15. The van der Waals surface area contributed by atoms with Gasteiger partial charge in [-0.1, -0.05) is 0 Å². The summed E-state index contributed by atoms with van der Waals surface area (Å²) in [7, 11) is 0. The van der Waals surface area contributed by atoms with Crippen molar-refractivity contribution >= 4 is 11.8 Å². The van der Waals surface area contributed by atoms with Crippen molar-refractivity contribution < 1.29 is 14.3 Å². The van der Waals surface area contributed by atoms with Crippen molar-refractivity contribution in [3.05, 3.63) is 0 Å². The van der Waals surface area contributed by atoms with Crippen molar-refractivity contribution in [2.75, 3.05) is 13.1 Å². The summed E-state index contributed by atoms with van der Waals surface area (Å²) in [6.45, 7) is 0.945. The Morgan fingerprint density at radius 1 is 1.47 bits per heavy atom. The second-order valence-corrected chi connectivity index (χ2v) is 4.61. The Balaban J connectivity index is 1.69. The molecule has 0 aromatic carbocycles. The highest BCUT2D eigenvalue weighted by Gasteiger charge is 2.30. The minimum absolute atomic E-state index is 0.0110. The number of nitrogens with one attached hydrogen (secondary N) is 2. The second-order valence-electron chi connectivity index (χ2n) is 4.61. The van der Waals surface area contributed by atoms with E-state index < -0.39 is 0 Å². The summed E-state index contributed by atoms with van der Waals surface area (Å²) in [5.41, 5.74) is 5.48. The number of nitrogens with two attached hydrogens (primary N) is 1. The van der Waals surface area contributed by atoms with Crippen molar-refractivity contribution in [2.24, 2.45) is 5.73 Å². The maximum absolute atomic E-state index is 11.8. The molecule has 3 atom stereocenters. The predicted molar refractivity (Wildman–Crippen MR) is 61.1 cm³/mol. The van der Waals surface area contributed by atoms with E-state index in [2.05, 4.69) is 10.6 Å². The van der Waals surface area contributed by atoms with Crippen molar-refractivity contribution in [1.82, 2.24) is 10.6 Å². The van der Waals surface area contributed by atoms with E-state index >= 15 is 0 Å². The van der Waals surface area contributed by atoms with Crippen LogP contribution in [0.5, 0.6) is 0 Å². The molecule has 2 saturated heterocycles. The Kier molecular flexibility index (Phi) is 3.96. The molecule has 0 aliphatic carbocycles. The zero-order valence-corrected chi connectivity index (χ0v) is 9.78. The first kappa shape index (κ1) is 12.3. The molecule has 2 heterocycles. The summed E-state index contributed by atoms with van der Waals surface area (Å²) < 4.78 is 5.48. The molecule has 2 amide bonds. The number of amides is 2. The second kappa shape index (κ2) is 5.46. The Bertz CT molecular complexity index is 308. The highest BCUT2D eigenvalue weighted by molar-refractivity contribution is 5.81. The maximum Gasteiger partial charge on any atom is 0.249 e. The van der Waals surface area contributed by atoms with Crippen LogP contribution < -0.4 is 16.4 Å². The van der Waals surface area contributed by atoms with Crippen LogP contribution in [-0.4, -0.2) is 43.2 Å². The molecule has 4 N–H and O–H groups in total. The molecule has 0 radical (unpaired) electrons. The topological polar surface area (TPSA) is 93.5 Å². The fourth-order valence-electron chi connectivity index (χ4n) is 2.24. The van der Waals surface area contributed by atoms with Gasteiger partial charge >= 0.3 is 0 Å². The average molecular weight is 241 g/mol. The molecule has 2 aliphatic rings. The molecule has 96 valence electrons. The number of carbonyl (C=O) groups excluding carboxylic acids is 2. The molecular weight excluding hydrogens is 222 g/mol. The van der Waals surface area contributed by atoms with E-state index in [0.29, 0.717) is 19.5 Å². The zero-order chi connectivity index (χ0) is 12.3. The summed E-state index contributed by atoms with van der Waals surface area (Å²) in [5.74, 6) is -0.0355. The van der Waals surface area contributed by atoms with Crippen LogP contribution in [0.15, 0.2) is 0 Å². The predicted octanol–water partition coefficient (Wildman–Crippen LogP) is -1.11. The summed E-state index contributed by atoms with van der Waals surface area (Å²) in [6.07, 6.45) is 2.54. The lowest BCUT2D eigenvalue weighted by molar-refractivity contribution is -0.132. The van der Waals surface area contributed by atoms with Crippen LogP contribution in [0.1, 0.15) is 25.7 Å². The van der Waals surface area contributed by atoms with Crippen LogP contribution in [0.25, 0.3) is 0 Å². The lowest BCUT2D eigenvalue weighted by Crippen LogP contribution is -2.42. The monoisotopic (exact) mass is 241 g/mol. The molecular formula is C11H19N3O3. The molecule has 2 rings (SSSR count). The third kappa shape index (κ3) is 3.17. The number of hydrogen-bond acceptors (Lipinski definition) is 4. The molecule has 6 nitrogen and oxygen atoms in total. The molecule has 2 fully saturated rings. The van der Waals surface area contributed by atoms with Crippen LogP contribution in [-0.2, 0) is 14.3 Å². The minimum Gasteiger partial charge on any atom is -0.364 e. The quantitative estimate of drug-likeness (QED) is 0.581. The summed E-state index contributed by atoms with van der Waals surface area (Å²) >= 11 is 0. The van der Waals surface area contributed by atoms with Crippen LogP contribution >= 0.6 is 0 Å². The van der Waals surface area contributed by atoms with Gasteiger partial charge in [0.15, 0.2) is 0 Å². The van der Waals surface area contributed by atoms with Gasteiger partial charge in [-0.3, -0.25) is 9.59 Å². The summed E-state index contributed by atoms with van der Waals surface area (Å²) in [4.78, 5) is 22.7. The first-order valence-corrected chi connectivity index (χ1v) is 6.11. The number of ether oxygens (including phenoxy) is 1. The fraction of sp³-hybridized carbons (Fsp3) is 0.818. The maximum atomic E-state index is 11.8. The lowest BCUT2D eigenvalue weighted by atomic mass is 10.2. The van der Waals surface area contributed by atoms with Gasteiger partial charge in [-0.25, -0.2) is 0 Å². The van der Waals surface area contributed by atoms with Crippen molar-refractivity contribution in [3.8, 4) is 0 Å². The number of carbonyl (C=O) groups is 2. The van der Waals surface area contributed by atoms with Gasteiger partial charge < -0.3 is 21.1 Å². The van der Waals surface area contributed by atoms with Crippen molar-refractivity contribution in [1.29, 1.82) is 0 Å². The third-order valence-corrected chi connectivity index (χ3v) is 3.27. The van der Waals surface area contributed by atoms with E-state index in [-0.39, 0.29) is 30.1 Å². The molecule has 6 heteroatoms. The molecule has 2 aliphatic heterocycles. The molecule has 0 saturated carbocycles. The Labute approximate surface area is 100 Å². The van der Waals surface area contributed by atoms with Gasteiger partial charge in [0.05, 0.1) is 6.10 Å². The van der Waals surface area contributed by atoms with E-state index in [4.69, 9.17) is 10.5 Å². The Morgan fingerprint density at radius 3 is 2.88 bits per heavy atom. The van der Waals surface area contributed by atoms with Gasteiger partial charge in [-0.05, 0) is 19.3 Å². The Morgan fingerprint density at radius 2 is 2.29 bits per heavy atom. The zero-order valence-electron chi connectivity index (χ0n) is 9.78. The highest BCUT2D eigenvalue weighted by atomic mass is 16.5. The average Bonchev–Trinajstić information content (AvgIpc) is 2.94. The van der Waals surface area contributed by atoms with Crippen LogP contribution in [0.3, 0.4) is 0 Å². The molecule has 0 aromatic heterocycles. The highest BCUT2D eigenvalue weighted by Crippen LogP contribution is 2.18. The van der Waals surface area contributed by atoms with E-state index in [1.54, 1.807) is 0 Å². The third-order valence-electron chi connectivity index (χ3n) is 3.27. The van der Waals surface area contributed by atoms with Crippen molar-refractivity contribution in [3.63, 3.8) is 0 Å². The van der Waals surface area contributed by atoms with Gasteiger partial charge in [-0.15, -0.1) is 0 Å². The van der Waals surface area contributed by atoms with Crippen LogP contribution in [0.2, 0.25) is 0 Å². The standard InChI is InChI=1S/C11H19N3O3/c12-5-8-2-3-9(17-8)11(16)13-6-7-1-4-10(15)14-7/h7-9H,1-6,12H2,(H,13,16)(H,14,15). The summed E-state index contributed by atoms with van der Waals surface area (Å²) in [5, 5.41) is 5.62. The molecule has 0 bridgehead atoms. The smallest absolute Gasteiger partial charge is 0.249 e. The normalized spacial score (nSPS) is 32.5. The Hall–Kier alpha value is -1.14. The number of hydrogen-bond donors (Lipinski definition) is 3. The van der Waals surface area contributed by atoms with E-state index in [1.165, 1.54) is 0 Å². The van der Waals surface area contributed by atoms with Crippen molar-refractivity contribution in [2.45, 2.75) is 43.9 Å². The van der Waals surface area contributed by atoms with E-state index in [9.17, 15) is 9.59 Å². The van der Waals surface area contributed by atoms with Gasteiger partial charge in [0, 0.05) is 25.6 Å². The molecule has 3 unspecified atom stereocenters. The molecule has 0 aromatic rings. The summed E-state index contributed by atoms with van der Waals surface area (Å²) in [6, 6.07) is 0.0677. The minimum atomic E-state index is -0.374. The van der Waals surface area contributed by atoms with Gasteiger partial charge in [0.25, 0.3) is 0 Å². The largest absolute Gasteiger partial charge is 0.364 e. The van der Waals surface area contributed by atoms with E-state index in [0.717, 1.165) is 19.3 Å². The fourth-order valence-corrected chi connectivity index (χ4v) is 2.24. The SMILES string of the molecule is NCC1CCC(C(=O)NCC2CCC(=O)N2)O1. The molecule has 0 spiro atoms. The van der Waals surface area contributed by atoms with E-state index in [1.807, 2.05) is 0 Å². The van der Waals surface area contributed by atoms with Crippen LogP contribution in [0.4, 0.5) is 0 Å².